The van der Waals surface area contributed by atoms with Crippen LogP contribution in [0.15, 0.2) is 65.7 Å². The summed E-state index contributed by atoms with van der Waals surface area (Å²) < 4.78 is 65.0. The minimum Gasteiger partial charge on any atom is -0.352 e. The Labute approximate surface area is 182 Å². The minimum absolute atomic E-state index is 0.163. The second-order valence-electron chi connectivity index (χ2n) is 7.03. The highest BCUT2D eigenvalue weighted by molar-refractivity contribution is 7.89. The van der Waals surface area contributed by atoms with Crippen molar-refractivity contribution in [1.82, 2.24) is 19.5 Å². The third-order valence-electron chi connectivity index (χ3n) is 4.95. The van der Waals surface area contributed by atoms with E-state index in [1.165, 1.54) is 4.31 Å². The van der Waals surface area contributed by atoms with Gasteiger partial charge in [0.15, 0.2) is 11.6 Å². The van der Waals surface area contributed by atoms with Crippen LogP contribution in [0.5, 0.6) is 0 Å². The quantitative estimate of drug-likeness (QED) is 0.620. The van der Waals surface area contributed by atoms with Gasteiger partial charge in [0.2, 0.25) is 10.0 Å². The number of hydrogen-bond acceptors (Lipinski definition) is 7. The summed E-state index contributed by atoms with van der Waals surface area (Å²) in [5.74, 6) is 1.76. The highest BCUT2D eigenvalue weighted by Crippen LogP contribution is 2.30. The van der Waals surface area contributed by atoms with Crippen LogP contribution in [0.1, 0.15) is 5.56 Å². The lowest BCUT2D eigenvalue weighted by atomic mass is 10.2. The number of halogens is 3. The number of benzene rings is 1. The van der Waals surface area contributed by atoms with Gasteiger partial charge in [-0.25, -0.2) is 13.4 Å². The molecule has 8 nitrogen and oxygen atoms in total. The molecule has 0 spiro atoms. The van der Waals surface area contributed by atoms with Crippen molar-refractivity contribution in [3.05, 3.63) is 66.4 Å². The van der Waals surface area contributed by atoms with Gasteiger partial charge in [0.25, 0.3) is 0 Å². The summed E-state index contributed by atoms with van der Waals surface area (Å²) in [6, 6.07) is 12.5. The van der Waals surface area contributed by atoms with E-state index >= 15 is 0 Å². The second-order valence-corrected chi connectivity index (χ2v) is 8.97. The first kappa shape index (κ1) is 22.0. The predicted molar refractivity (Wildman–Crippen MR) is 112 cm³/mol. The van der Waals surface area contributed by atoms with Crippen LogP contribution in [0.4, 0.5) is 30.6 Å². The topological polar surface area (TPSA) is 91.3 Å². The van der Waals surface area contributed by atoms with Crippen LogP contribution in [-0.2, 0) is 16.2 Å². The van der Waals surface area contributed by atoms with E-state index in [-0.39, 0.29) is 18.0 Å². The Hall–Kier alpha value is -3.25. The van der Waals surface area contributed by atoms with Gasteiger partial charge >= 0.3 is 6.18 Å². The molecule has 4 rings (SSSR count). The van der Waals surface area contributed by atoms with Gasteiger partial charge in [0.1, 0.15) is 5.82 Å². The van der Waals surface area contributed by atoms with Crippen LogP contribution in [-0.4, -0.2) is 54.1 Å². The molecule has 0 aliphatic carbocycles. The number of nitrogens with zero attached hydrogens (tertiary/aromatic N) is 5. The van der Waals surface area contributed by atoms with E-state index < -0.39 is 21.8 Å². The van der Waals surface area contributed by atoms with Crippen LogP contribution in [0.3, 0.4) is 0 Å². The first-order valence-electron chi connectivity index (χ1n) is 9.68. The number of sulfonamides is 1. The third kappa shape index (κ3) is 4.81. The molecular weight excluding hydrogens is 445 g/mol. The molecule has 3 heterocycles. The van der Waals surface area contributed by atoms with Gasteiger partial charge in [-0.15, -0.1) is 10.2 Å². The molecule has 0 unspecified atom stereocenters. The Kier molecular flexibility index (Phi) is 5.98. The van der Waals surface area contributed by atoms with Crippen molar-refractivity contribution >= 4 is 27.5 Å². The Morgan fingerprint density at radius 1 is 0.844 bits per heavy atom. The number of aromatic nitrogens is 3. The predicted octanol–water partition coefficient (Wildman–Crippen LogP) is 3.14. The van der Waals surface area contributed by atoms with E-state index in [0.717, 1.165) is 24.3 Å². The van der Waals surface area contributed by atoms with Crippen LogP contribution in [0.25, 0.3) is 0 Å². The normalized spacial score (nSPS) is 15.5. The largest absolute Gasteiger partial charge is 0.416 e. The minimum atomic E-state index is -4.52. The number of anilines is 3. The molecule has 2 aromatic heterocycles. The maximum Gasteiger partial charge on any atom is 0.416 e. The molecule has 1 aromatic carbocycles. The van der Waals surface area contributed by atoms with Crippen molar-refractivity contribution in [1.29, 1.82) is 0 Å². The zero-order chi connectivity index (χ0) is 22.8. The average molecular weight is 464 g/mol. The molecule has 1 saturated heterocycles. The highest BCUT2D eigenvalue weighted by atomic mass is 32.2. The summed E-state index contributed by atoms with van der Waals surface area (Å²) >= 11 is 0. The first-order chi connectivity index (χ1) is 15.2. The molecule has 0 bridgehead atoms. The van der Waals surface area contributed by atoms with Gasteiger partial charge in [-0.2, -0.15) is 17.5 Å². The summed E-state index contributed by atoms with van der Waals surface area (Å²) in [7, 11) is -3.88. The smallest absolute Gasteiger partial charge is 0.352 e. The van der Waals surface area contributed by atoms with Gasteiger partial charge in [-0.3, -0.25) is 0 Å². The van der Waals surface area contributed by atoms with Crippen LogP contribution in [0.2, 0.25) is 0 Å². The number of rotatable bonds is 5. The molecule has 1 N–H and O–H groups in total. The highest BCUT2D eigenvalue weighted by Gasteiger charge is 2.32. The summed E-state index contributed by atoms with van der Waals surface area (Å²) in [4.78, 5) is 5.89. The van der Waals surface area contributed by atoms with Crippen molar-refractivity contribution in [2.45, 2.75) is 11.1 Å². The summed E-state index contributed by atoms with van der Waals surface area (Å²) in [6.07, 6.45) is -2.86. The van der Waals surface area contributed by atoms with Crippen molar-refractivity contribution < 1.29 is 21.6 Å². The van der Waals surface area contributed by atoms with Crippen LogP contribution in [0, 0.1) is 0 Å². The van der Waals surface area contributed by atoms with E-state index in [1.54, 1.807) is 30.5 Å². The molecule has 0 radical (unpaired) electrons. The SMILES string of the molecule is O=S(=O)(c1ccc(C(F)(F)F)cc1)N1CCN(c2ccc(Nc3ccccn3)nn2)CC1. The van der Waals surface area contributed by atoms with Crippen molar-refractivity contribution in [3.8, 4) is 0 Å². The van der Waals surface area contributed by atoms with Gasteiger partial charge in [0, 0.05) is 32.4 Å². The van der Waals surface area contributed by atoms with Crippen LogP contribution < -0.4 is 10.2 Å². The Morgan fingerprint density at radius 2 is 1.56 bits per heavy atom. The summed E-state index contributed by atoms with van der Waals surface area (Å²) in [5, 5.41) is 11.3. The number of alkyl halides is 3. The molecule has 32 heavy (non-hydrogen) atoms. The molecule has 0 atom stereocenters. The van der Waals surface area contributed by atoms with Gasteiger partial charge in [0.05, 0.1) is 10.5 Å². The lowest BCUT2D eigenvalue weighted by Gasteiger charge is -2.34. The van der Waals surface area contributed by atoms with E-state index in [4.69, 9.17) is 0 Å². The van der Waals surface area contributed by atoms with Crippen molar-refractivity contribution in [3.63, 3.8) is 0 Å². The maximum absolute atomic E-state index is 12.8. The van der Waals surface area contributed by atoms with E-state index in [1.807, 2.05) is 11.0 Å². The fourth-order valence-electron chi connectivity index (χ4n) is 3.25. The molecule has 3 aromatic rings. The standard InChI is InChI=1S/C20H19F3N6O2S/c21-20(22,23)15-4-6-16(7-5-15)32(30,31)29-13-11-28(12-14-29)19-9-8-18(26-27-19)25-17-3-1-2-10-24-17/h1-10H,11-14H2,(H,24,25,26). The Morgan fingerprint density at radius 3 is 2.12 bits per heavy atom. The Bertz CT molecular complexity index is 1150. The number of hydrogen-bond donors (Lipinski definition) is 1. The average Bonchev–Trinajstić information content (AvgIpc) is 2.80. The van der Waals surface area contributed by atoms with E-state index in [9.17, 15) is 21.6 Å². The molecular formula is C20H19F3N6O2S. The van der Waals surface area contributed by atoms with Gasteiger partial charge in [-0.05, 0) is 48.5 Å². The monoisotopic (exact) mass is 464 g/mol. The summed E-state index contributed by atoms with van der Waals surface area (Å²) in [6.45, 7) is 1.11. The van der Waals surface area contributed by atoms with Crippen LogP contribution >= 0.6 is 0 Å². The molecule has 0 amide bonds. The lowest BCUT2D eigenvalue weighted by Crippen LogP contribution is -2.49. The van der Waals surface area contributed by atoms with Gasteiger partial charge < -0.3 is 10.2 Å². The summed E-state index contributed by atoms with van der Waals surface area (Å²) in [5.41, 5.74) is -0.888. The number of nitrogens with one attached hydrogen (secondary N) is 1. The molecule has 12 heteroatoms. The molecule has 0 saturated carbocycles. The first-order valence-corrected chi connectivity index (χ1v) is 11.1. The van der Waals surface area contributed by atoms with E-state index in [0.29, 0.717) is 30.5 Å². The molecule has 1 fully saturated rings. The number of piperazine rings is 1. The molecule has 1 aliphatic rings. The van der Waals surface area contributed by atoms with Crippen molar-refractivity contribution in [2.24, 2.45) is 0 Å². The maximum atomic E-state index is 12.8. The fraction of sp³-hybridized carbons (Fsp3) is 0.250. The fourth-order valence-corrected chi connectivity index (χ4v) is 4.67. The third-order valence-corrected chi connectivity index (χ3v) is 6.87. The molecule has 1 aliphatic heterocycles. The number of pyridine rings is 1. The van der Waals surface area contributed by atoms with Crippen molar-refractivity contribution in [2.75, 3.05) is 36.4 Å². The zero-order valence-electron chi connectivity index (χ0n) is 16.7. The van der Waals surface area contributed by atoms with E-state index in [2.05, 4.69) is 20.5 Å². The lowest BCUT2D eigenvalue weighted by molar-refractivity contribution is -0.137. The second kappa shape index (κ2) is 8.71. The Balaban J connectivity index is 1.38. The van der Waals surface area contributed by atoms with Gasteiger partial charge in [-0.1, -0.05) is 6.07 Å². The molecule has 168 valence electrons. The zero-order valence-corrected chi connectivity index (χ0v) is 17.5.